The summed E-state index contributed by atoms with van der Waals surface area (Å²) in [6, 6.07) is 19.4. The lowest BCUT2D eigenvalue weighted by atomic mass is 10.0. The van der Waals surface area contributed by atoms with E-state index >= 15 is 0 Å². The van der Waals surface area contributed by atoms with Crippen molar-refractivity contribution >= 4 is 35.4 Å². The van der Waals surface area contributed by atoms with Crippen molar-refractivity contribution in [1.29, 1.82) is 0 Å². The van der Waals surface area contributed by atoms with Crippen molar-refractivity contribution in [3.8, 4) is 0 Å². The van der Waals surface area contributed by atoms with Crippen molar-refractivity contribution in [2.24, 2.45) is 0 Å². The molecule has 3 N–H and O–H groups in total. The molecule has 0 heterocycles. The number of esters is 1. The Hall–Kier alpha value is -4.93. The second kappa shape index (κ2) is 14.3. The molecule has 40 heavy (non-hydrogen) atoms. The maximum absolute atomic E-state index is 14.5. The van der Waals surface area contributed by atoms with Gasteiger partial charge >= 0.3 is 18.1 Å². The molecular formula is C29H31FN4O6. The van der Waals surface area contributed by atoms with Gasteiger partial charge in [-0.1, -0.05) is 48.5 Å². The quantitative estimate of drug-likeness (QED) is 0.242. The second-order valence-corrected chi connectivity index (χ2v) is 8.91. The summed E-state index contributed by atoms with van der Waals surface area (Å²) in [6.07, 6.45) is -1.13. The summed E-state index contributed by atoms with van der Waals surface area (Å²) in [6.45, 7) is 1.03. The van der Waals surface area contributed by atoms with Crippen LogP contribution < -0.4 is 15.5 Å². The van der Waals surface area contributed by atoms with Crippen LogP contribution in [-0.4, -0.2) is 60.8 Å². The molecule has 0 fully saturated rings. The van der Waals surface area contributed by atoms with Gasteiger partial charge in [-0.3, -0.25) is 14.5 Å². The summed E-state index contributed by atoms with van der Waals surface area (Å²) in [5.41, 5.74) is 2.46. The third kappa shape index (κ3) is 8.83. The van der Waals surface area contributed by atoms with E-state index in [0.717, 1.165) is 10.5 Å². The highest BCUT2D eigenvalue weighted by Gasteiger charge is 2.22. The Morgan fingerprint density at radius 3 is 2.33 bits per heavy atom. The minimum absolute atomic E-state index is 0.0186. The molecule has 0 atom stereocenters. The van der Waals surface area contributed by atoms with Gasteiger partial charge in [-0.25, -0.2) is 14.0 Å². The average molecular weight is 551 g/mol. The van der Waals surface area contributed by atoms with E-state index in [-0.39, 0.29) is 26.1 Å². The van der Waals surface area contributed by atoms with Crippen molar-refractivity contribution in [2.45, 2.75) is 19.9 Å². The molecule has 3 aromatic carbocycles. The van der Waals surface area contributed by atoms with E-state index in [1.165, 1.54) is 24.9 Å². The number of nitrogens with one attached hydrogen (secondary N) is 2. The van der Waals surface area contributed by atoms with Crippen molar-refractivity contribution in [2.75, 3.05) is 37.0 Å². The van der Waals surface area contributed by atoms with Crippen LogP contribution in [0.25, 0.3) is 0 Å². The molecule has 0 aliphatic carbocycles. The predicted octanol–water partition coefficient (Wildman–Crippen LogP) is 4.24. The number of rotatable bonds is 11. The van der Waals surface area contributed by atoms with Gasteiger partial charge in [0.25, 0.3) is 0 Å². The number of ether oxygens (including phenoxy) is 1. The van der Waals surface area contributed by atoms with E-state index in [0.29, 0.717) is 22.5 Å². The SMILES string of the molecule is CC(=O)OCCNC(=O)Nc1ccc(N(C)C(=O)CN(Cc2ccccc2)C(=O)O)c(Cc2ccccc2F)c1. The van der Waals surface area contributed by atoms with Gasteiger partial charge in [-0.15, -0.1) is 0 Å². The van der Waals surface area contributed by atoms with E-state index in [1.807, 2.05) is 6.07 Å². The zero-order valence-electron chi connectivity index (χ0n) is 22.2. The first-order chi connectivity index (χ1) is 19.1. The van der Waals surface area contributed by atoms with Crippen LogP contribution in [0.5, 0.6) is 0 Å². The third-order valence-corrected chi connectivity index (χ3v) is 5.92. The number of amides is 4. The van der Waals surface area contributed by atoms with Gasteiger partial charge in [0, 0.05) is 38.3 Å². The van der Waals surface area contributed by atoms with Crippen molar-refractivity contribution in [3.05, 3.63) is 95.3 Å². The molecule has 0 saturated heterocycles. The number of carbonyl (C=O) groups is 4. The number of hydrogen-bond donors (Lipinski definition) is 3. The first-order valence-corrected chi connectivity index (χ1v) is 12.5. The van der Waals surface area contributed by atoms with Crippen LogP contribution in [0.1, 0.15) is 23.6 Å². The van der Waals surface area contributed by atoms with Gasteiger partial charge in [0.2, 0.25) is 5.91 Å². The summed E-state index contributed by atoms with van der Waals surface area (Å²) in [5.74, 6) is -1.37. The van der Waals surface area contributed by atoms with E-state index in [9.17, 15) is 28.7 Å². The lowest BCUT2D eigenvalue weighted by Crippen LogP contribution is -2.41. The van der Waals surface area contributed by atoms with Crippen LogP contribution in [0.3, 0.4) is 0 Å². The van der Waals surface area contributed by atoms with Gasteiger partial charge < -0.3 is 25.4 Å². The molecule has 0 aliphatic rings. The molecule has 11 heteroatoms. The van der Waals surface area contributed by atoms with Crippen molar-refractivity contribution in [3.63, 3.8) is 0 Å². The molecule has 10 nitrogen and oxygen atoms in total. The Bertz CT molecular complexity index is 1350. The Morgan fingerprint density at radius 2 is 1.65 bits per heavy atom. The number of urea groups is 1. The highest BCUT2D eigenvalue weighted by Crippen LogP contribution is 2.27. The Kier molecular flexibility index (Phi) is 10.6. The molecule has 0 radical (unpaired) electrons. The average Bonchev–Trinajstić information content (AvgIpc) is 2.92. The largest absolute Gasteiger partial charge is 0.465 e. The molecule has 0 saturated carbocycles. The first-order valence-electron chi connectivity index (χ1n) is 12.5. The van der Waals surface area contributed by atoms with Crippen LogP contribution in [-0.2, 0) is 27.3 Å². The molecular weight excluding hydrogens is 519 g/mol. The second-order valence-electron chi connectivity index (χ2n) is 8.91. The smallest absolute Gasteiger partial charge is 0.408 e. The number of halogens is 1. The van der Waals surface area contributed by atoms with Gasteiger partial charge in [-0.2, -0.15) is 0 Å². The van der Waals surface area contributed by atoms with Crippen molar-refractivity contribution in [1.82, 2.24) is 10.2 Å². The minimum Gasteiger partial charge on any atom is -0.465 e. The van der Waals surface area contributed by atoms with Gasteiger partial charge in [0.15, 0.2) is 0 Å². The normalized spacial score (nSPS) is 10.4. The number of likely N-dealkylation sites (N-methyl/N-ethyl adjacent to an activating group) is 1. The maximum Gasteiger partial charge on any atom is 0.408 e. The van der Waals surface area contributed by atoms with E-state index in [2.05, 4.69) is 10.6 Å². The Labute approximate surface area is 231 Å². The molecule has 3 aromatic rings. The molecule has 0 aliphatic heterocycles. The van der Waals surface area contributed by atoms with Crippen LogP contribution in [0, 0.1) is 5.82 Å². The van der Waals surface area contributed by atoms with E-state index in [4.69, 9.17) is 4.74 Å². The van der Waals surface area contributed by atoms with E-state index < -0.39 is 36.4 Å². The molecule has 0 aromatic heterocycles. The third-order valence-electron chi connectivity index (χ3n) is 5.92. The lowest BCUT2D eigenvalue weighted by Gasteiger charge is -2.25. The fourth-order valence-electron chi connectivity index (χ4n) is 3.91. The molecule has 0 bridgehead atoms. The number of benzene rings is 3. The zero-order valence-corrected chi connectivity index (χ0v) is 22.2. The van der Waals surface area contributed by atoms with Gasteiger partial charge in [0.05, 0.1) is 6.54 Å². The Balaban J connectivity index is 1.80. The number of carbonyl (C=O) groups excluding carboxylic acids is 3. The van der Waals surface area contributed by atoms with Crippen LogP contribution in [0.4, 0.5) is 25.4 Å². The minimum atomic E-state index is -1.24. The molecule has 0 spiro atoms. The van der Waals surface area contributed by atoms with Crippen molar-refractivity contribution < 1.29 is 33.4 Å². The molecule has 3 rings (SSSR count). The Morgan fingerprint density at radius 1 is 0.950 bits per heavy atom. The fraction of sp³-hybridized carbons (Fsp3) is 0.241. The highest BCUT2D eigenvalue weighted by atomic mass is 19.1. The fourth-order valence-corrected chi connectivity index (χ4v) is 3.91. The topological polar surface area (TPSA) is 128 Å². The molecule has 0 unspecified atom stereocenters. The summed E-state index contributed by atoms with van der Waals surface area (Å²) >= 11 is 0. The monoisotopic (exact) mass is 550 g/mol. The molecule has 4 amide bonds. The number of nitrogens with zero attached hydrogens (tertiary/aromatic N) is 2. The van der Waals surface area contributed by atoms with E-state index in [1.54, 1.807) is 60.7 Å². The number of hydrogen-bond acceptors (Lipinski definition) is 5. The van der Waals surface area contributed by atoms with Crippen LogP contribution in [0.2, 0.25) is 0 Å². The molecule has 210 valence electrons. The maximum atomic E-state index is 14.5. The zero-order chi connectivity index (χ0) is 29.1. The summed E-state index contributed by atoms with van der Waals surface area (Å²) in [5, 5.41) is 14.9. The summed E-state index contributed by atoms with van der Waals surface area (Å²) in [4.78, 5) is 50.6. The standard InChI is InChI=1S/C29H31FN4O6/c1-20(35)40-15-14-31-28(37)32-24-12-13-26(23(17-24)16-22-10-6-7-11-25(22)30)33(2)27(36)19-34(29(38)39)18-21-8-4-3-5-9-21/h3-13,17H,14-16,18-19H2,1-2H3,(H,38,39)(H2,31,32,37). The highest BCUT2D eigenvalue weighted by molar-refractivity contribution is 5.97. The summed E-state index contributed by atoms with van der Waals surface area (Å²) < 4.78 is 19.3. The van der Waals surface area contributed by atoms with Gasteiger partial charge in [0.1, 0.15) is 19.0 Å². The number of anilines is 2. The first kappa shape index (κ1) is 29.6. The predicted molar refractivity (Wildman–Crippen MR) is 148 cm³/mol. The number of carboxylic acid groups (broad SMARTS) is 1. The summed E-state index contributed by atoms with van der Waals surface area (Å²) in [7, 11) is 1.51. The van der Waals surface area contributed by atoms with Crippen LogP contribution >= 0.6 is 0 Å². The van der Waals surface area contributed by atoms with Gasteiger partial charge in [-0.05, 0) is 41.0 Å². The van der Waals surface area contributed by atoms with Crippen LogP contribution in [0.15, 0.2) is 72.8 Å². The lowest BCUT2D eigenvalue weighted by molar-refractivity contribution is -0.140.